The van der Waals surface area contributed by atoms with E-state index in [1.54, 1.807) is 25.1 Å². The van der Waals surface area contributed by atoms with E-state index in [-0.39, 0.29) is 23.6 Å². The number of nitrogens with two attached hydrogens (primary N) is 1. The number of hydrogen-bond acceptors (Lipinski definition) is 6. The van der Waals surface area contributed by atoms with Gasteiger partial charge in [0.1, 0.15) is 27.6 Å². The molecular weight excluding hydrogens is 409 g/mol. The molecule has 2 heterocycles. The maximum Gasteiger partial charge on any atom is 0.274 e. The van der Waals surface area contributed by atoms with E-state index in [1.807, 2.05) is 0 Å². The van der Waals surface area contributed by atoms with Gasteiger partial charge in [-0.1, -0.05) is 6.07 Å². The van der Waals surface area contributed by atoms with E-state index in [0.717, 1.165) is 4.31 Å². The van der Waals surface area contributed by atoms with E-state index < -0.39 is 32.0 Å². The van der Waals surface area contributed by atoms with Crippen molar-refractivity contribution in [2.75, 3.05) is 18.9 Å². The van der Waals surface area contributed by atoms with Crippen molar-refractivity contribution in [3.05, 3.63) is 59.7 Å². The Morgan fingerprint density at radius 3 is 2.57 bits per heavy atom. The van der Waals surface area contributed by atoms with Gasteiger partial charge in [0, 0.05) is 31.0 Å². The smallest absolute Gasteiger partial charge is 0.274 e. The largest absolute Gasteiger partial charge is 0.386 e. The third-order valence-electron chi connectivity index (χ3n) is 5.27. The third kappa shape index (κ3) is 3.68. The summed E-state index contributed by atoms with van der Waals surface area (Å²) in [7, 11) is -2.39. The molecule has 1 aliphatic rings. The molecule has 1 amide bonds. The summed E-state index contributed by atoms with van der Waals surface area (Å²) in [6.45, 7) is 4.41. The molecule has 1 unspecified atom stereocenters. The highest BCUT2D eigenvalue weighted by atomic mass is 32.2. The summed E-state index contributed by atoms with van der Waals surface area (Å²) in [6, 6.07) is 8.97. The lowest BCUT2D eigenvalue weighted by Gasteiger charge is -2.29. The van der Waals surface area contributed by atoms with E-state index in [4.69, 9.17) is 5.73 Å². The first-order chi connectivity index (χ1) is 13.9. The first kappa shape index (κ1) is 21.8. The fourth-order valence-corrected chi connectivity index (χ4v) is 4.84. The van der Waals surface area contributed by atoms with Crippen LogP contribution >= 0.6 is 0 Å². The highest BCUT2D eigenvalue weighted by Crippen LogP contribution is 2.36. The molecule has 1 atom stereocenters. The molecule has 0 radical (unpaired) electrons. The lowest BCUT2D eigenvalue weighted by molar-refractivity contribution is 0.102. The molecule has 1 aromatic carbocycles. The van der Waals surface area contributed by atoms with Crippen molar-refractivity contribution in [1.82, 2.24) is 9.29 Å². The van der Waals surface area contributed by atoms with Gasteiger partial charge in [0.15, 0.2) is 0 Å². The highest BCUT2D eigenvalue weighted by molar-refractivity contribution is 7.91. The molecule has 3 N–H and O–H groups in total. The van der Waals surface area contributed by atoms with Crippen LogP contribution in [-0.4, -0.2) is 47.8 Å². The SMILES string of the molecule is CN1CC(C)(c2cc(NC(=O)c3ccccn3)ccc2F)N=C(N)C(C)(C)S1(=O)=O. The third-order valence-corrected chi connectivity index (χ3v) is 7.72. The van der Waals surface area contributed by atoms with E-state index in [0.29, 0.717) is 5.69 Å². The van der Waals surface area contributed by atoms with Gasteiger partial charge in [-0.05, 0) is 51.1 Å². The molecule has 3 rings (SSSR count). The molecule has 1 aromatic heterocycles. The van der Waals surface area contributed by atoms with Crippen LogP contribution in [0, 0.1) is 5.82 Å². The summed E-state index contributed by atoms with van der Waals surface area (Å²) in [5, 5.41) is 2.67. The second kappa shape index (κ2) is 7.44. The van der Waals surface area contributed by atoms with Crippen LogP contribution in [0.1, 0.15) is 36.8 Å². The average Bonchev–Trinajstić information content (AvgIpc) is 2.73. The van der Waals surface area contributed by atoms with Crippen molar-refractivity contribution >= 4 is 27.5 Å². The maximum absolute atomic E-state index is 14.8. The molecule has 1 aliphatic heterocycles. The molecular formula is C20H24FN5O3S. The Kier molecular flexibility index (Phi) is 5.42. The normalized spacial score (nSPS) is 23.3. The molecule has 0 spiro atoms. The van der Waals surface area contributed by atoms with Crippen LogP contribution in [0.3, 0.4) is 0 Å². The average molecular weight is 434 g/mol. The second-order valence-corrected chi connectivity index (χ2v) is 10.5. The summed E-state index contributed by atoms with van der Waals surface area (Å²) in [5.41, 5.74) is 5.40. The van der Waals surface area contributed by atoms with Crippen molar-refractivity contribution < 1.29 is 17.6 Å². The van der Waals surface area contributed by atoms with Gasteiger partial charge >= 0.3 is 0 Å². The molecule has 0 fully saturated rings. The summed E-state index contributed by atoms with van der Waals surface area (Å²) < 4.78 is 40.2. The maximum atomic E-state index is 14.8. The minimum absolute atomic E-state index is 0.114. The number of carbonyl (C=O) groups excluding carboxylic acids is 1. The zero-order valence-electron chi connectivity index (χ0n) is 17.2. The Bertz CT molecular complexity index is 1120. The molecule has 0 saturated carbocycles. The van der Waals surface area contributed by atoms with Crippen molar-refractivity contribution in [2.24, 2.45) is 10.7 Å². The Morgan fingerprint density at radius 1 is 1.23 bits per heavy atom. The number of nitrogens with zero attached hydrogens (tertiary/aromatic N) is 3. The van der Waals surface area contributed by atoms with Crippen LogP contribution in [0.4, 0.5) is 10.1 Å². The van der Waals surface area contributed by atoms with Gasteiger partial charge in [0.25, 0.3) is 5.91 Å². The molecule has 2 aromatic rings. The predicted molar refractivity (Wildman–Crippen MR) is 113 cm³/mol. The number of amidine groups is 1. The fraction of sp³-hybridized carbons (Fsp3) is 0.350. The number of nitrogens with one attached hydrogen (secondary N) is 1. The van der Waals surface area contributed by atoms with Gasteiger partial charge in [0.2, 0.25) is 10.0 Å². The molecule has 0 saturated heterocycles. The Hall–Kier alpha value is -2.85. The summed E-state index contributed by atoms with van der Waals surface area (Å²) >= 11 is 0. The minimum Gasteiger partial charge on any atom is -0.386 e. The van der Waals surface area contributed by atoms with Crippen LogP contribution in [0.15, 0.2) is 47.6 Å². The van der Waals surface area contributed by atoms with Crippen molar-refractivity contribution in [3.8, 4) is 0 Å². The van der Waals surface area contributed by atoms with E-state index in [1.165, 1.54) is 45.3 Å². The fourth-order valence-electron chi connectivity index (χ4n) is 3.33. The molecule has 10 heteroatoms. The number of benzene rings is 1. The molecule has 30 heavy (non-hydrogen) atoms. The number of carbonyl (C=O) groups is 1. The second-order valence-electron chi connectivity index (χ2n) is 7.91. The van der Waals surface area contributed by atoms with Crippen LogP contribution in [0.2, 0.25) is 0 Å². The molecule has 8 nitrogen and oxygen atoms in total. The Balaban J connectivity index is 2.03. The lowest BCUT2D eigenvalue weighted by atomic mass is 9.91. The van der Waals surface area contributed by atoms with Crippen LogP contribution in [-0.2, 0) is 15.6 Å². The zero-order valence-corrected chi connectivity index (χ0v) is 18.0. The van der Waals surface area contributed by atoms with E-state index in [2.05, 4.69) is 15.3 Å². The summed E-state index contributed by atoms with van der Waals surface area (Å²) in [5.74, 6) is -1.16. The number of rotatable bonds is 3. The number of pyridine rings is 1. The molecule has 0 bridgehead atoms. The lowest BCUT2D eigenvalue weighted by Crippen LogP contribution is -2.50. The topological polar surface area (TPSA) is 118 Å². The van der Waals surface area contributed by atoms with E-state index in [9.17, 15) is 17.6 Å². The number of amides is 1. The predicted octanol–water partition coefficient (Wildman–Crippen LogP) is 2.10. The summed E-state index contributed by atoms with van der Waals surface area (Å²) in [4.78, 5) is 20.8. The number of sulfonamides is 1. The number of aromatic nitrogens is 1. The quantitative estimate of drug-likeness (QED) is 0.769. The van der Waals surface area contributed by atoms with Gasteiger partial charge in [-0.15, -0.1) is 0 Å². The van der Waals surface area contributed by atoms with E-state index >= 15 is 0 Å². The number of aliphatic imine (C=N–C) groups is 1. The van der Waals surface area contributed by atoms with Crippen LogP contribution in [0.5, 0.6) is 0 Å². The standard InChI is InChI=1S/C20H24FN5O3S/c1-19(2)18(22)25-20(3,12-26(4)30(19,28)29)14-11-13(8-9-15(14)21)24-17(27)16-7-5-6-10-23-16/h5-11H,12H2,1-4H3,(H2,22,25)(H,24,27). The monoisotopic (exact) mass is 433 g/mol. The van der Waals surface area contributed by atoms with Gasteiger partial charge in [0.05, 0.1) is 0 Å². The van der Waals surface area contributed by atoms with Crippen molar-refractivity contribution in [2.45, 2.75) is 31.1 Å². The van der Waals surface area contributed by atoms with Crippen LogP contribution < -0.4 is 11.1 Å². The number of hydrogen-bond donors (Lipinski definition) is 2. The van der Waals surface area contributed by atoms with Crippen LogP contribution in [0.25, 0.3) is 0 Å². The summed E-state index contributed by atoms with van der Waals surface area (Å²) in [6.07, 6.45) is 1.49. The molecule has 160 valence electrons. The Morgan fingerprint density at radius 2 is 1.93 bits per heavy atom. The van der Waals surface area contributed by atoms with Gasteiger partial charge in [-0.3, -0.25) is 14.8 Å². The first-order valence-electron chi connectivity index (χ1n) is 9.22. The van der Waals surface area contributed by atoms with Crippen molar-refractivity contribution in [3.63, 3.8) is 0 Å². The van der Waals surface area contributed by atoms with Gasteiger partial charge in [-0.25, -0.2) is 17.1 Å². The van der Waals surface area contributed by atoms with Gasteiger partial charge < -0.3 is 11.1 Å². The van der Waals surface area contributed by atoms with Crippen molar-refractivity contribution in [1.29, 1.82) is 0 Å². The van der Waals surface area contributed by atoms with Gasteiger partial charge in [-0.2, -0.15) is 0 Å². The Labute approximate surface area is 175 Å². The number of anilines is 1. The number of likely N-dealkylation sites (N-methyl/N-ethyl adjacent to an activating group) is 1. The zero-order chi connectivity index (χ0) is 22.3. The minimum atomic E-state index is -3.81. The first-order valence-corrected chi connectivity index (χ1v) is 10.7. The number of halogens is 1. The highest BCUT2D eigenvalue weighted by Gasteiger charge is 2.48. The molecule has 0 aliphatic carbocycles.